The lowest BCUT2D eigenvalue weighted by Crippen LogP contribution is -2.15. The highest BCUT2D eigenvalue weighted by Gasteiger charge is 2.18. The summed E-state index contributed by atoms with van der Waals surface area (Å²) in [7, 11) is 0. The molecule has 146 valence electrons. The Morgan fingerprint density at radius 2 is 1.71 bits per heavy atom. The van der Waals surface area contributed by atoms with Gasteiger partial charge in [-0.3, -0.25) is 9.89 Å². The summed E-state index contributed by atoms with van der Waals surface area (Å²) in [4.78, 5) is 12.0. The molecule has 0 atom stereocenters. The van der Waals surface area contributed by atoms with E-state index in [1.165, 1.54) is 23.3 Å². The minimum absolute atomic E-state index is 0.219. The highest BCUT2D eigenvalue weighted by molar-refractivity contribution is 5.95. The number of carbonyl (C=O) groups is 1. The molecule has 6 heteroatoms. The number of amides is 1. The fraction of sp³-hybridized carbons (Fsp3) is 0.273. The molecule has 0 aliphatic carbocycles. The number of H-pyrrole nitrogens is 1. The van der Waals surface area contributed by atoms with Gasteiger partial charge in [0.25, 0.3) is 5.91 Å². The molecular formula is C22H24FN3O2. The lowest BCUT2D eigenvalue weighted by Gasteiger charge is -2.06. The fourth-order valence-electron chi connectivity index (χ4n) is 3.31. The number of aromatic amines is 1. The van der Waals surface area contributed by atoms with Crippen LogP contribution in [0.2, 0.25) is 0 Å². The summed E-state index contributed by atoms with van der Waals surface area (Å²) in [6, 6.07) is 12.7. The number of aryl methyl sites for hydroxylation is 5. The molecule has 2 aromatic carbocycles. The Kier molecular flexibility index (Phi) is 6.21. The number of benzene rings is 2. The van der Waals surface area contributed by atoms with E-state index in [-0.39, 0.29) is 6.61 Å². The van der Waals surface area contributed by atoms with Gasteiger partial charge in [-0.15, -0.1) is 0 Å². The maximum atomic E-state index is 13.6. The summed E-state index contributed by atoms with van der Waals surface area (Å²) in [5.41, 5.74) is 11.0. The van der Waals surface area contributed by atoms with Crippen molar-refractivity contribution in [1.29, 1.82) is 0 Å². The highest BCUT2D eigenvalue weighted by Crippen LogP contribution is 2.18. The summed E-state index contributed by atoms with van der Waals surface area (Å²) in [6.45, 7) is 1.82. The molecule has 0 radical (unpaired) electrons. The Morgan fingerprint density at radius 1 is 1.04 bits per heavy atom. The van der Waals surface area contributed by atoms with Crippen LogP contribution in [0.5, 0.6) is 0 Å². The van der Waals surface area contributed by atoms with Gasteiger partial charge in [0.2, 0.25) is 0 Å². The number of nitrogens with zero attached hydrogens (tertiary/aromatic N) is 1. The zero-order valence-corrected chi connectivity index (χ0v) is 15.8. The van der Waals surface area contributed by atoms with Crippen molar-refractivity contribution in [2.45, 2.75) is 39.2 Å². The lowest BCUT2D eigenvalue weighted by atomic mass is 10.00. The molecule has 0 spiro atoms. The molecule has 0 saturated carbocycles. The molecular weight excluding hydrogens is 357 g/mol. The number of carbonyl (C=O) groups excluding carboxylic acids is 1. The van der Waals surface area contributed by atoms with Crippen molar-refractivity contribution in [3.05, 3.63) is 87.5 Å². The van der Waals surface area contributed by atoms with Crippen LogP contribution in [0.25, 0.3) is 0 Å². The highest BCUT2D eigenvalue weighted by atomic mass is 19.1. The monoisotopic (exact) mass is 381 g/mol. The summed E-state index contributed by atoms with van der Waals surface area (Å²) in [5, 5.41) is 16.4. The smallest absolute Gasteiger partial charge is 0.252 e. The van der Waals surface area contributed by atoms with Gasteiger partial charge in [0.15, 0.2) is 0 Å². The van der Waals surface area contributed by atoms with E-state index in [0.717, 1.165) is 17.7 Å². The Bertz CT molecular complexity index is 964. The standard InChI is InChI=1S/C22H24FN3O2/c1-14-2-4-15(5-3-14)6-8-19-21(22(24)28)20(26-25-19)9-7-16-10-17(13-27)12-18(23)11-16/h2-5,10-12,27H,6-9,13H2,1H3,(H2,24,28)(H,25,26). The van der Waals surface area contributed by atoms with Gasteiger partial charge in [0, 0.05) is 5.69 Å². The average molecular weight is 381 g/mol. The van der Waals surface area contributed by atoms with Crippen molar-refractivity contribution in [2.75, 3.05) is 0 Å². The Hall–Kier alpha value is -2.99. The second kappa shape index (κ2) is 8.80. The Labute approximate surface area is 163 Å². The molecule has 1 heterocycles. The Balaban J connectivity index is 1.72. The van der Waals surface area contributed by atoms with Gasteiger partial charge in [0.1, 0.15) is 5.82 Å². The van der Waals surface area contributed by atoms with Gasteiger partial charge in [-0.25, -0.2) is 4.39 Å². The molecule has 28 heavy (non-hydrogen) atoms. The number of aliphatic hydroxyl groups excluding tert-OH is 1. The molecule has 3 aromatic rings. The lowest BCUT2D eigenvalue weighted by molar-refractivity contribution is 0.0998. The predicted molar refractivity (Wildman–Crippen MR) is 105 cm³/mol. The number of nitrogens with two attached hydrogens (primary N) is 1. The van der Waals surface area contributed by atoms with Crippen LogP contribution < -0.4 is 5.73 Å². The normalized spacial score (nSPS) is 11.0. The molecule has 5 nitrogen and oxygen atoms in total. The van der Waals surface area contributed by atoms with Crippen molar-refractivity contribution in [1.82, 2.24) is 10.2 Å². The number of aliphatic hydroxyl groups is 1. The zero-order chi connectivity index (χ0) is 20.1. The van der Waals surface area contributed by atoms with Gasteiger partial charge in [0.05, 0.1) is 17.9 Å². The summed E-state index contributed by atoms with van der Waals surface area (Å²) in [6.07, 6.45) is 2.34. The summed E-state index contributed by atoms with van der Waals surface area (Å²) >= 11 is 0. The summed E-state index contributed by atoms with van der Waals surface area (Å²) in [5.74, 6) is -0.907. The quantitative estimate of drug-likeness (QED) is 0.560. The van der Waals surface area contributed by atoms with E-state index in [2.05, 4.69) is 34.5 Å². The van der Waals surface area contributed by atoms with Gasteiger partial charge in [-0.2, -0.15) is 5.10 Å². The van der Waals surface area contributed by atoms with Crippen LogP contribution in [0.1, 0.15) is 44.0 Å². The van der Waals surface area contributed by atoms with Crippen LogP contribution in [0.4, 0.5) is 4.39 Å². The van der Waals surface area contributed by atoms with Gasteiger partial charge < -0.3 is 10.8 Å². The van der Waals surface area contributed by atoms with Gasteiger partial charge in [-0.1, -0.05) is 35.9 Å². The first-order chi connectivity index (χ1) is 13.5. The van der Waals surface area contributed by atoms with E-state index in [1.807, 2.05) is 6.92 Å². The molecule has 0 fully saturated rings. The topological polar surface area (TPSA) is 92.0 Å². The zero-order valence-electron chi connectivity index (χ0n) is 15.8. The first-order valence-corrected chi connectivity index (χ1v) is 9.27. The van der Waals surface area contributed by atoms with Crippen molar-refractivity contribution in [3.8, 4) is 0 Å². The largest absolute Gasteiger partial charge is 0.392 e. The van der Waals surface area contributed by atoms with Crippen molar-refractivity contribution in [2.24, 2.45) is 5.73 Å². The van der Waals surface area contributed by atoms with Gasteiger partial charge in [-0.05, 0) is 61.4 Å². The number of primary amides is 1. The molecule has 1 amide bonds. The van der Waals surface area contributed by atoms with E-state index in [4.69, 9.17) is 5.73 Å². The molecule has 0 saturated heterocycles. The fourth-order valence-corrected chi connectivity index (χ4v) is 3.31. The van der Waals surface area contributed by atoms with E-state index in [9.17, 15) is 14.3 Å². The number of rotatable bonds is 8. The molecule has 3 rings (SSSR count). The van der Waals surface area contributed by atoms with Crippen LogP contribution in [-0.2, 0) is 32.3 Å². The van der Waals surface area contributed by atoms with E-state index in [1.54, 1.807) is 6.07 Å². The van der Waals surface area contributed by atoms with Crippen molar-refractivity contribution < 1.29 is 14.3 Å². The average Bonchev–Trinajstić information content (AvgIpc) is 3.08. The van der Waals surface area contributed by atoms with Crippen LogP contribution >= 0.6 is 0 Å². The maximum Gasteiger partial charge on any atom is 0.252 e. The van der Waals surface area contributed by atoms with Crippen molar-refractivity contribution in [3.63, 3.8) is 0 Å². The number of nitrogens with one attached hydrogen (secondary N) is 1. The van der Waals surface area contributed by atoms with E-state index >= 15 is 0 Å². The first kappa shape index (κ1) is 19.8. The number of hydrogen-bond acceptors (Lipinski definition) is 3. The van der Waals surface area contributed by atoms with Crippen LogP contribution in [0.15, 0.2) is 42.5 Å². The van der Waals surface area contributed by atoms with Crippen LogP contribution in [0.3, 0.4) is 0 Å². The number of hydrogen-bond donors (Lipinski definition) is 3. The molecule has 0 aliphatic rings. The summed E-state index contributed by atoms with van der Waals surface area (Å²) < 4.78 is 13.6. The van der Waals surface area contributed by atoms with Crippen molar-refractivity contribution >= 4 is 5.91 Å². The Morgan fingerprint density at radius 3 is 2.39 bits per heavy atom. The van der Waals surface area contributed by atoms with Crippen LogP contribution in [-0.4, -0.2) is 21.2 Å². The molecule has 0 bridgehead atoms. The minimum atomic E-state index is -0.516. The minimum Gasteiger partial charge on any atom is -0.392 e. The number of aromatic nitrogens is 2. The first-order valence-electron chi connectivity index (χ1n) is 9.27. The number of halogens is 1. The predicted octanol–water partition coefficient (Wildman–Crippen LogP) is 3.02. The van der Waals surface area contributed by atoms with E-state index < -0.39 is 11.7 Å². The van der Waals surface area contributed by atoms with E-state index in [0.29, 0.717) is 36.1 Å². The molecule has 0 aliphatic heterocycles. The third kappa shape index (κ3) is 4.84. The third-order valence-corrected chi connectivity index (χ3v) is 4.80. The van der Waals surface area contributed by atoms with Gasteiger partial charge >= 0.3 is 0 Å². The van der Waals surface area contributed by atoms with Crippen LogP contribution in [0, 0.1) is 12.7 Å². The third-order valence-electron chi connectivity index (χ3n) is 4.80. The second-order valence-corrected chi connectivity index (χ2v) is 7.00. The molecule has 4 N–H and O–H groups in total. The molecule has 1 aromatic heterocycles. The maximum absolute atomic E-state index is 13.6. The second-order valence-electron chi connectivity index (χ2n) is 7.00. The molecule has 0 unspecified atom stereocenters. The SMILES string of the molecule is Cc1ccc(CCc2[nH]nc(CCc3cc(F)cc(CO)c3)c2C(N)=O)cc1.